The maximum Gasteiger partial charge on any atom is 0.387 e. The summed E-state index contributed by atoms with van der Waals surface area (Å²) in [5, 5.41) is 12.3. The molecule has 5 rings (SSSR count). The first-order valence-electron chi connectivity index (χ1n) is 12.7. The zero-order valence-corrected chi connectivity index (χ0v) is 25.6. The predicted octanol–water partition coefficient (Wildman–Crippen LogP) is 5.67. The Morgan fingerprint density at radius 3 is 2.55 bits per heavy atom. The summed E-state index contributed by atoms with van der Waals surface area (Å²) in [5.41, 5.74) is 0.621. The lowest BCUT2D eigenvalue weighted by molar-refractivity contribution is -0.605. The van der Waals surface area contributed by atoms with E-state index in [0.717, 1.165) is 52.6 Å². The van der Waals surface area contributed by atoms with Crippen molar-refractivity contribution in [3.63, 3.8) is 0 Å². The highest BCUT2D eigenvalue weighted by molar-refractivity contribution is 8.02. The van der Waals surface area contributed by atoms with Crippen LogP contribution in [0.15, 0.2) is 52.3 Å². The summed E-state index contributed by atoms with van der Waals surface area (Å²) in [6.45, 7) is -2.69. The topological polar surface area (TPSA) is 109 Å². The monoisotopic (exact) mass is 680 g/mol. The molecule has 0 spiro atoms. The van der Waals surface area contributed by atoms with Gasteiger partial charge in [0, 0.05) is 24.3 Å². The molecule has 3 heterocycles. The molecule has 2 atom stereocenters. The standard InChI is InChI=1S/C26H24Cl2F2N2O7S3/c27-18-12-31(34)13-19(28)17(18)11-21(16-5-6-20(39-26(29)30)22(10-16)37-14-15-3-4-15)38-25(33)24-32(7-9-41-24)42(35,36)23-2-1-8-40-23/h1-2,5-6,8,10,12-13,15,21,24,26H,3-4,7,9,11,14H2/t21-,24?/m0/s1. The molecule has 2 aromatic heterocycles. The molecule has 0 N–H and O–H groups in total. The molecule has 42 heavy (non-hydrogen) atoms. The van der Waals surface area contributed by atoms with Gasteiger partial charge in [0.05, 0.1) is 6.61 Å². The summed E-state index contributed by atoms with van der Waals surface area (Å²) in [6, 6.07) is 7.20. The first-order valence-corrected chi connectivity index (χ1v) is 16.8. The second-order valence-electron chi connectivity index (χ2n) is 9.53. The van der Waals surface area contributed by atoms with Crippen molar-refractivity contribution in [3.05, 3.63) is 74.5 Å². The molecular weight excluding hydrogens is 657 g/mol. The molecule has 16 heteroatoms. The van der Waals surface area contributed by atoms with Crippen LogP contribution in [0, 0.1) is 11.1 Å². The predicted molar refractivity (Wildman–Crippen MR) is 154 cm³/mol. The normalized spacial score (nSPS) is 18.3. The fourth-order valence-corrected chi connectivity index (χ4v) is 9.04. The van der Waals surface area contributed by atoms with E-state index in [9.17, 15) is 27.2 Å². The Balaban J connectivity index is 1.47. The molecule has 2 aliphatic rings. The van der Waals surface area contributed by atoms with Crippen molar-refractivity contribution >= 4 is 62.3 Å². The van der Waals surface area contributed by atoms with Crippen molar-refractivity contribution in [2.45, 2.75) is 41.6 Å². The van der Waals surface area contributed by atoms with Crippen LogP contribution in [0.4, 0.5) is 8.78 Å². The number of benzene rings is 1. The van der Waals surface area contributed by atoms with Gasteiger partial charge in [0.1, 0.15) is 20.4 Å². The number of thioether (sulfide) groups is 1. The average molecular weight is 682 g/mol. The quantitative estimate of drug-likeness (QED) is 0.137. The molecular formula is C26H24Cl2F2N2O7S3. The third kappa shape index (κ3) is 7.22. The highest BCUT2D eigenvalue weighted by Gasteiger charge is 2.42. The number of ether oxygens (including phenoxy) is 3. The first-order chi connectivity index (χ1) is 20.0. The lowest BCUT2D eigenvalue weighted by atomic mass is 10.0. The van der Waals surface area contributed by atoms with Crippen LogP contribution in [-0.2, 0) is 26.0 Å². The van der Waals surface area contributed by atoms with E-state index in [2.05, 4.69) is 4.74 Å². The van der Waals surface area contributed by atoms with Gasteiger partial charge in [-0.05, 0) is 47.9 Å². The Morgan fingerprint density at radius 2 is 1.90 bits per heavy atom. The Morgan fingerprint density at radius 1 is 1.17 bits per heavy atom. The molecule has 0 radical (unpaired) electrons. The second kappa shape index (κ2) is 13.1. The first kappa shape index (κ1) is 31.1. The number of rotatable bonds is 12. The molecule has 1 aromatic carbocycles. The number of sulfonamides is 1. The van der Waals surface area contributed by atoms with Gasteiger partial charge in [0.25, 0.3) is 10.0 Å². The summed E-state index contributed by atoms with van der Waals surface area (Å²) < 4.78 is 70.6. The minimum atomic E-state index is -3.96. The maximum absolute atomic E-state index is 13.6. The van der Waals surface area contributed by atoms with Crippen molar-refractivity contribution in [1.82, 2.24) is 4.31 Å². The number of hydrogen-bond acceptors (Lipinski definition) is 9. The molecule has 226 valence electrons. The molecule has 3 aromatic rings. The van der Waals surface area contributed by atoms with E-state index in [1.807, 2.05) is 0 Å². The van der Waals surface area contributed by atoms with Crippen LogP contribution in [-0.4, -0.2) is 49.6 Å². The fraction of sp³-hybridized carbons (Fsp3) is 0.385. The van der Waals surface area contributed by atoms with Crippen LogP contribution in [0.2, 0.25) is 10.0 Å². The van der Waals surface area contributed by atoms with E-state index in [1.54, 1.807) is 11.4 Å². The van der Waals surface area contributed by atoms with Gasteiger partial charge in [-0.1, -0.05) is 35.3 Å². The van der Waals surface area contributed by atoms with Crippen LogP contribution < -0.4 is 14.2 Å². The lowest BCUT2D eigenvalue weighted by Crippen LogP contribution is -2.40. The number of nitrogens with zero attached hydrogens (tertiary/aromatic N) is 2. The van der Waals surface area contributed by atoms with Crippen LogP contribution >= 0.6 is 46.3 Å². The maximum atomic E-state index is 13.6. The summed E-state index contributed by atoms with van der Waals surface area (Å²) >= 11 is 14.8. The Bertz CT molecular complexity index is 1520. The molecule has 9 nitrogen and oxygen atoms in total. The van der Waals surface area contributed by atoms with Gasteiger partial charge in [-0.3, -0.25) is 0 Å². The number of halogens is 4. The minimum Gasteiger partial charge on any atom is -0.619 e. The molecule has 0 bridgehead atoms. The molecule has 1 saturated carbocycles. The molecule has 0 amide bonds. The zero-order valence-electron chi connectivity index (χ0n) is 21.7. The van der Waals surface area contributed by atoms with Gasteiger partial charge in [-0.15, -0.1) is 23.1 Å². The van der Waals surface area contributed by atoms with Crippen molar-refractivity contribution in [2.24, 2.45) is 5.92 Å². The van der Waals surface area contributed by atoms with Gasteiger partial charge in [-0.2, -0.15) is 17.8 Å². The summed E-state index contributed by atoms with van der Waals surface area (Å²) in [4.78, 5) is 13.6. The molecule has 1 aliphatic heterocycles. The smallest absolute Gasteiger partial charge is 0.387 e. The minimum absolute atomic E-state index is 0.0125. The largest absolute Gasteiger partial charge is 0.619 e. The van der Waals surface area contributed by atoms with E-state index in [1.165, 1.54) is 24.3 Å². The number of carbonyl (C=O) groups excluding carboxylic acids is 1. The Labute approximate surface area is 258 Å². The molecule has 2 fully saturated rings. The van der Waals surface area contributed by atoms with E-state index in [4.69, 9.17) is 32.7 Å². The van der Waals surface area contributed by atoms with Crippen LogP contribution in [0.5, 0.6) is 11.5 Å². The Kier molecular flexibility index (Phi) is 9.69. The van der Waals surface area contributed by atoms with Crippen molar-refractivity contribution < 1.29 is 40.9 Å². The number of carbonyl (C=O) groups is 1. The number of esters is 1. The van der Waals surface area contributed by atoms with E-state index in [-0.39, 0.29) is 38.7 Å². The summed E-state index contributed by atoms with van der Waals surface area (Å²) in [6.07, 6.45) is 2.86. The number of thiophene rings is 1. The lowest BCUT2D eigenvalue weighted by Gasteiger charge is -2.25. The molecule has 1 unspecified atom stereocenters. The third-order valence-electron chi connectivity index (χ3n) is 6.54. The molecule has 1 aliphatic carbocycles. The fourth-order valence-electron chi connectivity index (χ4n) is 4.27. The van der Waals surface area contributed by atoms with Gasteiger partial charge in [-0.25, -0.2) is 13.2 Å². The van der Waals surface area contributed by atoms with Gasteiger partial charge in [0.2, 0.25) is 0 Å². The van der Waals surface area contributed by atoms with E-state index >= 15 is 0 Å². The van der Waals surface area contributed by atoms with E-state index < -0.39 is 34.1 Å². The number of hydrogen-bond donors (Lipinski definition) is 0. The average Bonchev–Trinajstić information content (AvgIpc) is 3.36. The summed E-state index contributed by atoms with van der Waals surface area (Å²) in [5.74, 6) is -0.327. The van der Waals surface area contributed by atoms with Crippen LogP contribution in [0.3, 0.4) is 0 Å². The second-order valence-corrected chi connectivity index (χ2v) is 14.6. The van der Waals surface area contributed by atoms with Crippen LogP contribution in [0.25, 0.3) is 0 Å². The van der Waals surface area contributed by atoms with Crippen molar-refractivity contribution in [2.75, 3.05) is 18.9 Å². The van der Waals surface area contributed by atoms with Gasteiger partial charge < -0.3 is 19.4 Å². The number of aromatic nitrogens is 1. The number of alkyl halides is 2. The highest BCUT2D eigenvalue weighted by Crippen LogP contribution is 2.39. The van der Waals surface area contributed by atoms with E-state index in [0.29, 0.717) is 34.1 Å². The summed E-state index contributed by atoms with van der Waals surface area (Å²) in [7, 11) is -3.96. The third-order valence-corrected chi connectivity index (χ3v) is 11.7. The van der Waals surface area contributed by atoms with Crippen LogP contribution in [0.1, 0.15) is 30.1 Å². The molecule has 1 saturated heterocycles. The number of pyridine rings is 1. The SMILES string of the molecule is O=C(O[C@@H](Cc1c(Cl)c[n+]([O-])cc1Cl)c1ccc(OC(F)F)c(OCC2CC2)c1)C1SCCN1S(=O)(=O)c1cccs1. The van der Waals surface area contributed by atoms with Gasteiger partial charge >= 0.3 is 12.6 Å². The van der Waals surface area contributed by atoms with Crippen molar-refractivity contribution in [1.29, 1.82) is 0 Å². The van der Waals surface area contributed by atoms with Gasteiger partial charge in [0.15, 0.2) is 29.3 Å². The van der Waals surface area contributed by atoms with Crippen molar-refractivity contribution in [3.8, 4) is 11.5 Å². The highest BCUT2D eigenvalue weighted by atomic mass is 35.5. The zero-order chi connectivity index (χ0) is 30.0. The Hall–Kier alpha value is -2.36.